The molecule has 0 bridgehead atoms. The van der Waals surface area contributed by atoms with Gasteiger partial charge < -0.3 is 14.9 Å². The molecule has 2 atom stereocenters. The standard InChI is InChI=1S/C15H17NO2S/c1-9-13(5-6-18-9)19-14-7-10-3-4-11(17-2)8-12(10)15(14)16/h3-6,8,14-15H,7,16H2,1-2H3. The lowest BCUT2D eigenvalue weighted by molar-refractivity contribution is 0.414. The maximum atomic E-state index is 6.37. The van der Waals surface area contributed by atoms with Gasteiger partial charge >= 0.3 is 0 Å². The summed E-state index contributed by atoms with van der Waals surface area (Å²) in [6.07, 6.45) is 2.73. The van der Waals surface area contributed by atoms with Crippen LogP contribution in [0.4, 0.5) is 0 Å². The van der Waals surface area contributed by atoms with Crippen molar-refractivity contribution in [1.29, 1.82) is 0 Å². The highest BCUT2D eigenvalue weighted by Crippen LogP contribution is 2.42. The largest absolute Gasteiger partial charge is 0.497 e. The van der Waals surface area contributed by atoms with Gasteiger partial charge in [0.05, 0.1) is 13.4 Å². The average molecular weight is 275 g/mol. The fraction of sp³-hybridized carbons (Fsp3) is 0.333. The number of hydrogen-bond donors (Lipinski definition) is 1. The maximum Gasteiger partial charge on any atom is 0.119 e. The van der Waals surface area contributed by atoms with E-state index in [-0.39, 0.29) is 6.04 Å². The van der Waals surface area contributed by atoms with Gasteiger partial charge in [0.25, 0.3) is 0 Å². The molecule has 4 heteroatoms. The Labute approximate surface area is 117 Å². The van der Waals surface area contributed by atoms with E-state index in [0.29, 0.717) is 5.25 Å². The average Bonchev–Trinajstić information content (AvgIpc) is 2.95. The van der Waals surface area contributed by atoms with Crippen molar-refractivity contribution in [1.82, 2.24) is 0 Å². The lowest BCUT2D eigenvalue weighted by Gasteiger charge is -2.15. The number of furan rings is 1. The maximum absolute atomic E-state index is 6.37. The zero-order valence-electron chi connectivity index (χ0n) is 11.1. The van der Waals surface area contributed by atoms with Crippen LogP contribution in [-0.4, -0.2) is 12.4 Å². The smallest absolute Gasteiger partial charge is 0.119 e. The Morgan fingerprint density at radius 3 is 2.89 bits per heavy atom. The SMILES string of the molecule is COc1ccc2c(c1)C(N)C(Sc1ccoc1C)C2. The topological polar surface area (TPSA) is 48.4 Å². The van der Waals surface area contributed by atoms with Gasteiger partial charge in [-0.1, -0.05) is 6.07 Å². The highest BCUT2D eigenvalue weighted by atomic mass is 32.2. The minimum atomic E-state index is 0.0457. The predicted octanol–water partition coefficient (Wildman–Crippen LogP) is 3.31. The fourth-order valence-corrected chi connectivity index (χ4v) is 3.74. The molecule has 19 heavy (non-hydrogen) atoms. The summed E-state index contributed by atoms with van der Waals surface area (Å²) in [5.74, 6) is 1.84. The molecule has 0 amide bonds. The van der Waals surface area contributed by atoms with Gasteiger partial charge in [0.15, 0.2) is 0 Å². The number of thioether (sulfide) groups is 1. The Hall–Kier alpha value is -1.39. The van der Waals surface area contributed by atoms with Gasteiger partial charge in [-0.25, -0.2) is 0 Å². The fourth-order valence-electron chi connectivity index (χ4n) is 2.51. The third-order valence-corrected chi connectivity index (χ3v) is 5.06. The number of benzene rings is 1. The van der Waals surface area contributed by atoms with E-state index in [1.54, 1.807) is 25.1 Å². The molecule has 3 nitrogen and oxygen atoms in total. The summed E-state index contributed by atoms with van der Waals surface area (Å²) in [6, 6.07) is 8.24. The Balaban J connectivity index is 1.83. The molecule has 1 aromatic carbocycles. The third kappa shape index (κ3) is 2.26. The van der Waals surface area contributed by atoms with Crippen molar-refractivity contribution in [3.63, 3.8) is 0 Å². The van der Waals surface area contributed by atoms with Gasteiger partial charge in [-0.05, 0) is 42.7 Å². The lowest BCUT2D eigenvalue weighted by Crippen LogP contribution is -2.18. The first kappa shape index (κ1) is 12.6. The molecule has 2 aromatic rings. The predicted molar refractivity (Wildman–Crippen MR) is 76.7 cm³/mol. The zero-order valence-corrected chi connectivity index (χ0v) is 11.9. The van der Waals surface area contributed by atoms with Crippen molar-refractivity contribution >= 4 is 11.8 Å². The molecule has 0 saturated carbocycles. The van der Waals surface area contributed by atoms with Crippen LogP contribution in [0.5, 0.6) is 5.75 Å². The van der Waals surface area contributed by atoms with Gasteiger partial charge in [-0.15, -0.1) is 11.8 Å². The van der Waals surface area contributed by atoms with E-state index in [1.165, 1.54) is 16.0 Å². The molecule has 2 N–H and O–H groups in total. The first-order valence-corrected chi connectivity index (χ1v) is 7.20. The van der Waals surface area contributed by atoms with Crippen molar-refractivity contribution in [3.05, 3.63) is 47.4 Å². The van der Waals surface area contributed by atoms with Crippen LogP contribution in [0.1, 0.15) is 22.9 Å². The summed E-state index contributed by atoms with van der Waals surface area (Å²) in [6.45, 7) is 1.99. The van der Waals surface area contributed by atoms with Crippen LogP contribution < -0.4 is 10.5 Å². The second kappa shape index (κ2) is 4.94. The molecule has 0 saturated heterocycles. The van der Waals surface area contributed by atoms with E-state index in [4.69, 9.17) is 14.9 Å². The van der Waals surface area contributed by atoms with E-state index in [0.717, 1.165) is 17.9 Å². The van der Waals surface area contributed by atoms with Gasteiger partial charge in [-0.3, -0.25) is 0 Å². The quantitative estimate of drug-likeness (QED) is 0.933. The molecule has 0 radical (unpaired) electrons. The number of nitrogens with two attached hydrogens (primary N) is 1. The molecule has 0 aliphatic heterocycles. The van der Waals surface area contributed by atoms with Crippen LogP contribution in [0.15, 0.2) is 39.8 Å². The molecule has 1 heterocycles. The van der Waals surface area contributed by atoms with Crippen molar-refractivity contribution in [2.75, 3.05) is 7.11 Å². The van der Waals surface area contributed by atoms with E-state index in [9.17, 15) is 0 Å². The zero-order chi connectivity index (χ0) is 13.4. The number of hydrogen-bond acceptors (Lipinski definition) is 4. The number of rotatable bonds is 3. The summed E-state index contributed by atoms with van der Waals surface area (Å²) in [4.78, 5) is 1.18. The highest BCUT2D eigenvalue weighted by Gasteiger charge is 2.31. The molecule has 0 fully saturated rings. The summed E-state index contributed by atoms with van der Waals surface area (Å²) in [5, 5.41) is 0.360. The highest BCUT2D eigenvalue weighted by molar-refractivity contribution is 8.00. The Kier molecular flexibility index (Phi) is 3.29. The summed E-state index contributed by atoms with van der Waals surface area (Å²) in [7, 11) is 1.68. The number of aryl methyl sites for hydroxylation is 1. The summed E-state index contributed by atoms with van der Waals surface area (Å²) in [5.41, 5.74) is 8.91. The lowest BCUT2D eigenvalue weighted by atomic mass is 10.1. The van der Waals surface area contributed by atoms with Gasteiger partial charge in [0.1, 0.15) is 11.5 Å². The van der Waals surface area contributed by atoms with Crippen LogP contribution in [-0.2, 0) is 6.42 Å². The Morgan fingerprint density at radius 2 is 2.21 bits per heavy atom. The molecule has 0 spiro atoms. The molecule has 1 aromatic heterocycles. The van der Waals surface area contributed by atoms with Crippen LogP contribution >= 0.6 is 11.8 Å². The number of fused-ring (bicyclic) bond motifs is 1. The Morgan fingerprint density at radius 1 is 1.37 bits per heavy atom. The molecule has 2 unspecified atom stereocenters. The van der Waals surface area contributed by atoms with E-state index >= 15 is 0 Å². The van der Waals surface area contributed by atoms with E-state index < -0.39 is 0 Å². The number of methoxy groups -OCH3 is 1. The first-order chi connectivity index (χ1) is 9.19. The normalized spacial score (nSPS) is 21.4. The minimum Gasteiger partial charge on any atom is -0.497 e. The van der Waals surface area contributed by atoms with Gasteiger partial charge in [0.2, 0.25) is 0 Å². The molecular weight excluding hydrogens is 258 g/mol. The molecule has 1 aliphatic rings. The monoisotopic (exact) mass is 275 g/mol. The molecule has 100 valence electrons. The van der Waals surface area contributed by atoms with Gasteiger partial charge in [-0.2, -0.15) is 0 Å². The number of ether oxygens (including phenoxy) is 1. The summed E-state index contributed by atoms with van der Waals surface area (Å²) < 4.78 is 10.6. The second-order valence-corrected chi connectivity index (χ2v) is 6.07. The van der Waals surface area contributed by atoms with Crippen molar-refractivity contribution in [2.24, 2.45) is 5.73 Å². The second-order valence-electron chi connectivity index (χ2n) is 4.79. The van der Waals surface area contributed by atoms with Crippen LogP contribution in [0, 0.1) is 6.92 Å². The summed E-state index contributed by atoms with van der Waals surface area (Å²) >= 11 is 1.80. The van der Waals surface area contributed by atoms with Gasteiger partial charge in [0, 0.05) is 16.2 Å². The van der Waals surface area contributed by atoms with Crippen LogP contribution in [0.25, 0.3) is 0 Å². The van der Waals surface area contributed by atoms with Crippen LogP contribution in [0.2, 0.25) is 0 Å². The van der Waals surface area contributed by atoms with E-state index in [2.05, 4.69) is 12.1 Å². The van der Waals surface area contributed by atoms with E-state index in [1.807, 2.05) is 19.1 Å². The Bertz CT molecular complexity index is 594. The third-order valence-electron chi connectivity index (χ3n) is 3.62. The van der Waals surface area contributed by atoms with Crippen molar-refractivity contribution in [3.8, 4) is 5.75 Å². The van der Waals surface area contributed by atoms with Crippen molar-refractivity contribution in [2.45, 2.75) is 29.5 Å². The molecule has 3 rings (SSSR count). The van der Waals surface area contributed by atoms with Crippen LogP contribution in [0.3, 0.4) is 0 Å². The minimum absolute atomic E-state index is 0.0457. The van der Waals surface area contributed by atoms with Crippen molar-refractivity contribution < 1.29 is 9.15 Å². The first-order valence-electron chi connectivity index (χ1n) is 6.32. The molecule has 1 aliphatic carbocycles. The molecular formula is C15H17NO2S.